The number of hydrogen-bond acceptors (Lipinski definition) is 4. The van der Waals surface area contributed by atoms with E-state index in [-0.39, 0.29) is 0 Å². The van der Waals surface area contributed by atoms with Crippen LogP contribution >= 0.6 is 0 Å². The first-order valence-corrected chi connectivity index (χ1v) is 30.6. The van der Waals surface area contributed by atoms with Crippen molar-refractivity contribution in [1.82, 2.24) is 28.7 Å². The van der Waals surface area contributed by atoms with E-state index >= 15 is 0 Å². The van der Waals surface area contributed by atoms with Crippen molar-refractivity contribution in [2.75, 3.05) is 0 Å². The zero-order valence-electron chi connectivity index (χ0n) is 48.7. The third-order valence-corrected chi connectivity index (χ3v) is 18.1. The van der Waals surface area contributed by atoms with Gasteiger partial charge in [-0.05, 0) is 159 Å². The van der Waals surface area contributed by atoms with Gasteiger partial charge >= 0.3 is 0 Å². The van der Waals surface area contributed by atoms with Crippen molar-refractivity contribution in [3.8, 4) is 67.3 Å². The van der Waals surface area contributed by atoms with Crippen LogP contribution in [0.15, 0.2) is 315 Å². The highest BCUT2D eigenvalue weighted by molar-refractivity contribution is 6.23. The molecule has 90 heavy (non-hydrogen) atoms. The Hall–Kier alpha value is -12.1. The van der Waals surface area contributed by atoms with Crippen molar-refractivity contribution < 1.29 is 0 Å². The molecule has 19 aromatic rings. The maximum atomic E-state index is 5.31. The Bertz CT molecular complexity index is 6040. The summed E-state index contributed by atoms with van der Waals surface area (Å²) in [5.74, 6) is 1.78. The van der Waals surface area contributed by atoms with Crippen LogP contribution in [-0.2, 0) is 0 Å². The smallest absolute Gasteiger partial charge is 0.149 e. The maximum Gasteiger partial charge on any atom is 0.149 e. The van der Waals surface area contributed by atoms with Crippen molar-refractivity contribution in [2.45, 2.75) is 0 Å². The highest BCUT2D eigenvalue weighted by Gasteiger charge is 2.21. The molecule has 0 atom stereocenters. The first kappa shape index (κ1) is 51.1. The van der Waals surface area contributed by atoms with Crippen LogP contribution in [0, 0.1) is 0 Å². The first-order valence-electron chi connectivity index (χ1n) is 30.6. The van der Waals surface area contributed by atoms with Gasteiger partial charge in [0.2, 0.25) is 0 Å². The fourth-order valence-corrected chi connectivity index (χ4v) is 13.8. The molecule has 0 aliphatic heterocycles. The minimum atomic E-state index is 0.889. The Morgan fingerprint density at radius 1 is 0.200 bits per heavy atom. The summed E-state index contributed by atoms with van der Waals surface area (Å²) in [4.78, 5) is 20.6. The largest absolute Gasteiger partial charge is 0.276 e. The Labute approximate surface area is 517 Å². The SMILES string of the molecule is c1ccc2c(-c3c4ccccc4c(-c4ccc(-c5nc6ccccc6c6nc7ccccc7n56)cc4)c4ccccc34)cccc2c1.c1ccc2cc(-c3ccc(-c4ccc5c(c4)nc(-c4ccc6ccccc6c4)n4c6ccccc6nc54)cc3)ccc2c1. The van der Waals surface area contributed by atoms with Crippen LogP contribution in [0.2, 0.25) is 0 Å². The van der Waals surface area contributed by atoms with Crippen LogP contribution < -0.4 is 0 Å². The molecule has 19 rings (SSSR count). The Morgan fingerprint density at radius 2 is 0.589 bits per heavy atom. The second-order valence-electron chi connectivity index (χ2n) is 23.3. The van der Waals surface area contributed by atoms with Gasteiger partial charge < -0.3 is 0 Å². The molecule has 0 aliphatic carbocycles. The molecule has 0 bridgehead atoms. The zero-order valence-corrected chi connectivity index (χ0v) is 48.7. The number of imidazole rings is 2. The summed E-state index contributed by atoms with van der Waals surface area (Å²) in [6, 6.07) is 112. The fourth-order valence-electron chi connectivity index (χ4n) is 13.8. The highest BCUT2D eigenvalue weighted by atomic mass is 15.1. The molecule has 0 aliphatic rings. The predicted molar refractivity (Wildman–Crippen MR) is 376 cm³/mol. The van der Waals surface area contributed by atoms with Crippen LogP contribution in [0.3, 0.4) is 0 Å². The summed E-state index contributed by atoms with van der Waals surface area (Å²) >= 11 is 0. The molecule has 15 aromatic carbocycles. The molecule has 0 amide bonds. The van der Waals surface area contributed by atoms with Gasteiger partial charge in [-0.1, -0.05) is 255 Å². The molecule has 418 valence electrons. The van der Waals surface area contributed by atoms with Crippen LogP contribution in [0.4, 0.5) is 0 Å². The van der Waals surface area contributed by atoms with E-state index < -0.39 is 0 Å². The van der Waals surface area contributed by atoms with Crippen molar-refractivity contribution >= 4 is 109 Å². The quantitative estimate of drug-likeness (QED) is 0.156. The van der Waals surface area contributed by atoms with E-state index in [1.165, 1.54) is 87.2 Å². The van der Waals surface area contributed by atoms with Gasteiger partial charge in [-0.2, -0.15) is 0 Å². The van der Waals surface area contributed by atoms with Crippen molar-refractivity contribution in [3.63, 3.8) is 0 Å². The van der Waals surface area contributed by atoms with E-state index in [9.17, 15) is 0 Å². The molecule has 4 aromatic heterocycles. The molecule has 6 nitrogen and oxygen atoms in total. The Kier molecular flexibility index (Phi) is 11.8. The van der Waals surface area contributed by atoms with Gasteiger partial charge in [0.05, 0.1) is 33.1 Å². The lowest BCUT2D eigenvalue weighted by atomic mass is 9.84. The third-order valence-electron chi connectivity index (χ3n) is 18.1. The maximum absolute atomic E-state index is 5.31. The number of fused-ring (bicyclic) bond motifs is 15. The van der Waals surface area contributed by atoms with Gasteiger partial charge in [0.1, 0.15) is 22.9 Å². The monoisotopic (exact) mass is 1140 g/mol. The molecular formula is C84H52N6. The molecule has 0 radical (unpaired) electrons. The highest BCUT2D eigenvalue weighted by Crippen LogP contribution is 2.46. The van der Waals surface area contributed by atoms with E-state index in [1.54, 1.807) is 0 Å². The normalized spacial score (nSPS) is 11.8. The van der Waals surface area contributed by atoms with E-state index in [1.807, 2.05) is 18.2 Å². The van der Waals surface area contributed by atoms with Gasteiger partial charge in [0.25, 0.3) is 0 Å². The zero-order chi connectivity index (χ0) is 59.2. The number of rotatable bonds is 6. The van der Waals surface area contributed by atoms with Crippen LogP contribution in [0.5, 0.6) is 0 Å². The van der Waals surface area contributed by atoms with Gasteiger partial charge in [0, 0.05) is 21.9 Å². The Balaban J connectivity index is 0.000000134. The van der Waals surface area contributed by atoms with E-state index in [0.29, 0.717) is 0 Å². The van der Waals surface area contributed by atoms with Gasteiger partial charge in [-0.3, -0.25) is 8.80 Å². The number of para-hydroxylation sites is 5. The number of nitrogens with zero attached hydrogens (tertiary/aromatic N) is 6. The summed E-state index contributed by atoms with van der Waals surface area (Å²) in [6.45, 7) is 0. The number of hydrogen-bond donors (Lipinski definition) is 0. The predicted octanol–water partition coefficient (Wildman–Crippen LogP) is 21.8. The standard InChI is InChI=1S/C44H27N3.C40H25N3/c1-2-14-31-28(12-1)13-11-20-32(31)42-35-17-5-3-15-33(35)41(34-16-4-6-18-36(34)42)29-24-26-30(27-25-29)43-45-38-21-8-7-19-37(38)44-46-39-22-9-10-23-40(39)47(43)44;1-3-9-30-23-32(19-17-26(30)7-1)28-13-15-29(16-14-28)33-21-22-35-37(25-33)42-39(34-20-18-27-8-2-4-10-31(27)24-34)43-38-12-6-5-11-36(38)41-40(35)43/h1-27H;1-25H. The average molecular weight is 1150 g/mol. The molecule has 6 heteroatoms. The van der Waals surface area contributed by atoms with Crippen molar-refractivity contribution in [3.05, 3.63) is 315 Å². The van der Waals surface area contributed by atoms with Gasteiger partial charge in [0.15, 0.2) is 0 Å². The second kappa shape index (κ2) is 20.8. The van der Waals surface area contributed by atoms with E-state index in [0.717, 1.165) is 89.1 Å². The summed E-state index contributed by atoms with van der Waals surface area (Å²) in [5, 5.41) is 14.5. The van der Waals surface area contributed by atoms with Crippen molar-refractivity contribution in [2.24, 2.45) is 0 Å². The molecule has 0 spiro atoms. The molecule has 0 saturated heterocycles. The minimum Gasteiger partial charge on any atom is -0.276 e. The van der Waals surface area contributed by atoms with E-state index in [2.05, 4.69) is 306 Å². The van der Waals surface area contributed by atoms with Gasteiger partial charge in [-0.15, -0.1) is 0 Å². The molecule has 0 unspecified atom stereocenters. The molecule has 0 saturated carbocycles. The fraction of sp³-hybridized carbons (Fsp3) is 0. The summed E-state index contributed by atoms with van der Waals surface area (Å²) in [7, 11) is 0. The second-order valence-corrected chi connectivity index (χ2v) is 23.3. The van der Waals surface area contributed by atoms with Crippen molar-refractivity contribution in [1.29, 1.82) is 0 Å². The molecule has 0 N–H and O–H groups in total. The summed E-state index contributed by atoms with van der Waals surface area (Å²) < 4.78 is 4.41. The van der Waals surface area contributed by atoms with Crippen LogP contribution in [0.25, 0.3) is 176 Å². The Morgan fingerprint density at radius 3 is 1.20 bits per heavy atom. The lowest BCUT2D eigenvalue weighted by Crippen LogP contribution is -1.98. The molecule has 0 fully saturated rings. The van der Waals surface area contributed by atoms with Gasteiger partial charge in [-0.25, -0.2) is 19.9 Å². The minimum absolute atomic E-state index is 0.889. The summed E-state index contributed by atoms with van der Waals surface area (Å²) in [5.41, 5.74) is 19.6. The van der Waals surface area contributed by atoms with Crippen LogP contribution in [-0.4, -0.2) is 28.7 Å². The van der Waals surface area contributed by atoms with Crippen LogP contribution in [0.1, 0.15) is 0 Å². The third kappa shape index (κ3) is 8.41. The molecular weight excluding hydrogens is 1090 g/mol. The lowest BCUT2D eigenvalue weighted by Gasteiger charge is -2.19. The average Bonchev–Trinajstić information content (AvgIpc) is 1.37. The number of aromatic nitrogens is 6. The number of benzene rings is 15. The molecule has 4 heterocycles. The topological polar surface area (TPSA) is 60.4 Å². The summed E-state index contributed by atoms with van der Waals surface area (Å²) in [6.07, 6.45) is 0. The lowest BCUT2D eigenvalue weighted by molar-refractivity contribution is 1.16. The van der Waals surface area contributed by atoms with E-state index in [4.69, 9.17) is 19.9 Å². The first-order chi connectivity index (χ1) is 44.6.